The van der Waals surface area contributed by atoms with E-state index in [1.54, 1.807) is 14.2 Å². The summed E-state index contributed by atoms with van der Waals surface area (Å²) in [6.07, 6.45) is 5.27. The minimum atomic E-state index is 0.0287. The minimum absolute atomic E-state index is 0.0287. The number of aryl methyl sites for hydroxylation is 1. The van der Waals surface area contributed by atoms with Gasteiger partial charge in [0, 0.05) is 17.3 Å². The monoisotopic (exact) mass is 363 g/mol. The molecule has 2 N–H and O–H groups in total. The van der Waals surface area contributed by atoms with Crippen LogP contribution in [-0.4, -0.2) is 24.4 Å². The summed E-state index contributed by atoms with van der Waals surface area (Å²) in [7, 11) is 3.40. The van der Waals surface area contributed by atoms with E-state index in [-0.39, 0.29) is 12.1 Å². The molecule has 4 rings (SSSR count). The lowest BCUT2D eigenvalue weighted by molar-refractivity contribution is 0.405. The fourth-order valence-electron chi connectivity index (χ4n) is 3.86. The summed E-state index contributed by atoms with van der Waals surface area (Å²) in [6, 6.07) is 16.8. The Balaban J connectivity index is 1.72. The van der Waals surface area contributed by atoms with Gasteiger partial charge in [0.25, 0.3) is 0 Å². The molecule has 1 heterocycles. The topological polar surface area (TPSA) is 59.2 Å². The summed E-state index contributed by atoms with van der Waals surface area (Å²) in [5.74, 6) is 1.71. The first-order valence-corrected chi connectivity index (χ1v) is 9.34. The lowest BCUT2D eigenvalue weighted by atomic mass is 9.90. The highest BCUT2D eigenvalue weighted by Gasteiger charge is 2.26. The third-order valence-electron chi connectivity index (χ3n) is 5.27. The fourth-order valence-corrected chi connectivity index (χ4v) is 3.86. The summed E-state index contributed by atoms with van der Waals surface area (Å²) >= 11 is 0. The molecule has 0 aliphatic heterocycles. The molecule has 3 aromatic rings. The van der Waals surface area contributed by atoms with Crippen LogP contribution in [0.1, 0.15) is 47.3 Å². The number of fused-ring (bicyclic) bond motifs is 1. The van der Waals surface area contributed by atoms with Crippen molar-refractivity contribution >= 4 is 0 Å². The molecule has 0 spiro atoms. The second-order valence-corrected chi connectivity index (χ2v) is 6.90. The third kappa shape index (κ3) is 3.69. The molecule has 140 valence electrons. The van der Waals surface area contributed by atoms with Crippen molar-refractivity contribution < 1.29 is 9.47 Å². The number of nitrogens with zero attached hydrogens (tertiary/aromatic N) is 1. The molecule has 1 unspecified atom stereocenters. The van der Waals surface area contributed by atoms with E-state index in [2.05, 4.69) is 39.8 Å². The number of rotatable bonds is 6. The zero-order valence-electron chi connectivity index (χ0n) is 15.7. The maximum Gasteiger partial charge on any atom is 0.119 e. The average molecular weight is 363 g/mol. The van der Waals surface area contributed by atoms with Crippen molar-refractivity contribution in [2.45, 2.75) is 31.3 Å². The molecule has 0 radical (unpaired) electrons. The van der Waals surface area contributed by atoms with Crippen LogP contribution in [0.15, 0.2) is 54.7 Å². The van der Waals surface area contributed by atoms with Gasteiger partial charge in [0.1, 0.15) is 11.5 Å². The van der Waals surface area contributed by atoms with Crippen LogP contribution in [0.25, 0.3) is 0 Å². The second-order valence-electron chi connectivity index (χ2n) is 6.90. The van der Waals surface area contributed by atoms with Crippen molar-refractivity contribution in [3.8, 4) is 11.5 Å². The Kier molecular flexibility index (Phi) is 5.12. The van der Waals surface area contributed by atoms with Crippen molar-refractivity contribution in [3.05, 3.63) is 77.1 Å². The van der Waals surface area contributed by atoms with Crippen LogP contribution in [0, 0.1) is 0 Å². The minimum Gasteiger partial charge on any atom is -0.497 e. The number of hydrogen-bond acceptors (Lipinski definition) is 4. The Morgan fingerprint density at radius 3 is 2.33 bits per heavy atom. The van der Waals surface area contributed by atoms with E-state index in [4.69, 9.17) is 9.47 Å². The van der Waals surface area contributed by atoms with Crippen LogP contribution >= 0.6 is 0 Å². The number of hydrogen-bond donors (Lipinski definition) is 2. The van der Waals surface area contributed by atoms with Gasteiger partial charge in [-0.05, 0) is 54.7 Å². The second kappa shape index (κ2) is 7.84. The average Bonchev–Trinajstić information content (AvgIpc) is 3.21. The van der Waals surface area contributed by atoms with Gasteiger partial charge in [0.15, 0.2) is 0 Å². The molecule has 2 aromatic carbocycles. The molecular weight excluding hydrogens is 338 g/mol. The van der Waals surface area contributed by atoms with Gasteiger partial charge in [-0.2, -0.15) is 5.10 Å². The standard InChI is InChI=1S/C22H25N3O2/c1-26-17-8-3-6-15(12-17)22(16-7-4-9-18(13-16)27-2)24-20-10-5-11-21-19(20)14-23-25-21/h3-4,6-9,12-14,20,22,24H,5,10-11H2,1-2H3,(H,23,25). The van der Waals surface area contributed by atoms with E-state index < -0.39 is 0 Å². The fraction of sp³-hybridized carbons (Fsp3) is 0.318. The maximum absolute atomic E-state index is 5.45. The highest BCUT2D eigenvalue weighted by molar-refractivity contribution is 5.40. The number of nitrogens with one attached hydrogen (secondary N) is 2. The molecule has 1 atom stereocenters. The van der Waals surface area contributed by atoms with Crippen molar-refractivity contribution in [1.29, 1.82) is 0 Å². The van der Waals surface area contributed by atoms with Gasteiger partial charge < -0.3 is 9.47 Å². The van der Waals surface area contributed by atoms with Crippen molar-refractivity contribution in [2.75, 3.05) is 14.2 Å². The molecule has 0 fully saturated rings. The van der Waals surface area contributed by atoms with Crippen LogP contribution in [-0.2, 0) is 6.42 Å². The lowest BCUT2D eigenvalue weighted by Gasteiger charge is -2.29. The smallest absolute Gasteiger partial charge is 0.119 e. The van der Waals surface area contributed by atoms with Gasteiger partial charge in [-0.3, -0.25) is 10.4 Å². The predicted octanol–water partition coefficient (Wildman–Crippen LogP) is 4.18. The van der Waals surface area contributed by atoms with Crippen LogP contribution in [0.3, 0.4) is 0 Å². The van der Waals surface area contributed by atoms with E-state index in [1.807, 2.05) is 30.5 Å². The van der Waals surface area contributed by atoms with E-state index >= 15 is 0 Å². The van der Waals surface area contributed by atoms with Gasteiger partial charge >= 0.3 is 0 Å². The highest BCUT2D eigenvalue weighted by atomic mass is 16.5. The van der Waals surface area contributed by atoms with E-state index in [0.717, 1.165) is 30.8 Å². The predicted molar refractivity (Wildman–Crippen MR) is 105 cm³/mol. The van der Waals surface area contributed by atoms with Crippen molar-refractivity contribution in [2.24, 2.45) is 0 Å². The molecule has 0 bridgehead atoms. The first-order valence-electron chi connectivity index (χ1n) is 9.34. The molecule has 0 saturated carbocycles. The van der Waals surface area contributed by atoms with Gasteiger partial charge in [-0.1, -0.05) is 24.3 Å². The summed E-state index contributed by atoms with van der Waals surface area (Å²) in [5, 5.41) is 11.3. The van der Waals surface area contributed by atoms with Gasteiger partial charge in [-0.25, -0.2) is 0 Å². The van der Waals surface area contributed by atoms with Crippen LogP contribution in [0.5, 0.6) is 11.5 Å². The summed E-state index contributed by atoms with van der Waals surface area (Å²) < 4.78 is 10.9. The Morgan fingerprint density at radius 1 is 1.04 bits per heavy atom. The molecule has 27 heavy (non-hydrogen) atoms. The van der Waals surface area contributed by atoms with Gasteiger partial charge in [-0.15, -0.1) is 0 Å². The normalized spacial score (nSPS) is 16.2. The zero-order valence-corrected chi connectivity index (χ0v) is 15.7. The van der Waals surface area contributed by atoms with E-state index in [1.165, 1.54) is 22.4 Å². The van der Waals surface area contributed by atoms with Crippen molar-refractivity contribution in [3.63, 3.8) is 0 Å². The molecular formula is C22H25N3O2. The first kappa shape index (κ1) is 17.6. The number of methoxy groups -OCH3 is 2. The Bertz CT molecular complexity index is 858. The third-order valence-corrected chi connectivity index (χ3v) is 5.27. The maximum atomic E-state index is 5.45. The molecule has 5 heteroatoms. The SMILES string of the molecule is COc1cccc(C(NC2CCCc3[nH]ncc32)c2cccc(OC)c2)c1. The van der Waals surface area contributed by atoms with Crippen LogP contribution < -0.4 is 14.8 Å². The van der Waals surface area contributed by atoms with Gasteiger partial charge in [0.05, 0.1) is 26.5 Å². The Morgan fingerprint density at radius 2 is 1.70 bits per heavy atom. The first-order chi connectivity index (χ1) is 13.3. The summed E-state index contributed by atoms with van der Waals surface area (Å²) in [4.78, 5) is 0. The van der Waals surface area contributed by atoms with Crippen LogP contribution in [0.4, 0.5) is 0 Å². The number of benzene rings is 2. The number of aromatic nitrogens is 2. The highest BCUT2D eigenvalue weighted by Crippen LogP contribution is 2.34. The number of H-pyrrole nitrogens is 1. The van der Waals surface area contributed by atoms with Gasteiger partial charge in [0.2, 0.25) is 0 Å². The molecule has 0 amide bonds. The molecule has 0 saturated heterocycles. The zero-order chi connectivity index (χ0) is 18.6. The number of ether oxygens (including phenoxy) is 2. The molecule has 1 aliphatic carbocycles. The van der Waals surface area contributed by atoms with Crippen LogP contribution in [0.2, 0.25) is 0 Å². The van der Waals surface area contributed by atoms with Crippen molar-refractivity contribution in [1.82, 2.24) is 15.5 Å². The summed E-state index contributed by atoms with van der Waals surface area (Å²) in [6.45, 7) is 0. The number of aromatic amines is 1. The molecule has 1 aliphatic rings. The Hall–Kier alpha value is -2.79. The molecule has 1 aromatic heterocycles. The molecule has 5 nitrogen and oxygen atoms in total. The van der Waals surface area contributed by atoms with E-state index in [9.17, 15) is 0 Å². The van der Waals surface area contributed by atoms with E-state index in [0.29, 0.717) is 0 Å². The largest absolute Gasteiger partial charge is 0.497 e. The lowest BCUT2D eigenvalue weighted by Crippen LogP contribution is -2.29. The summed E-state index contributed by atoms with van der Waals surface area (Å²) in [5.41, 5.74) is 4.85. The Labute approximate surface area is 159 Å². The quantitative estimate of drug-likeness (QED) is 0.690.